The second-order valence-corrected chi connectivity index (χ2v) is 7.84. The van der Waals surface area contributed by atoms with Gasteiger partial charge in [-0.1, -0.05) is 29.5 Å². The number of morpholine rings is 1. The van der Waals surface area contributed by atoms with E-state index in [0.29, 0.717) is 36.4 Å². The van der Waals surface area contributed by atoms with Gasteiger partial charge in [-0.05, 0) is 23.8 Å². The quantitative estimate of drug-likeness (QED) is 0.471. The number of nitrogens with one attached hydrogen (secondary N) is 1. The third-order valence-corrected chi connectivity index (χ3v) is 5.71. The van der Waals surface area contributed by atoms with Gasteiger partial charge in [-0.3, -0.25) is 4.79 Å². The van der Waals surface area contributed by atoms with Crippen molar-refractivity contribution in [3.05, 3.63) is 76.1 Å². The highest BCUT2D eigenvalue weighted by Crippen LogP contribution is 2.26. The van der Waals surface area contributed by atoms with Crippen LogP contribution < -0.4 is 10.3 Å². The summed E-state index contributed by atoms with van der Waals surface area (Å²) in [6.45, 7) is 3.16. The molecule has 0 bridgehead atoms. The van der Waals surface area contributed by atoms with Crippen molar-refractivity contribution in [3.63, 3.8) is 0 Å². The molecular formula is C24H23N5O4. The van der Waals surface area contributed by atoms with Crippen LogP contribution in [0.5, 0.6) is 0 Å². The minimum Gasteiger partial charge on any atom is -0.465 e. The summed E-state index contributed by atoms with van der Waals surface area (Å²) >= 11 is 0. The summed E-state index contributed by atoms with van der Waals surface area (Å²) < 4.78 is 11.9. The molecule has 1 aliphatic rings. The third kappa shape index (κ3) is 4.22. The molecule has 9 nitrogen and oxygen atoms in total. The number of pyridine rings is 1. The summed E-state index contributed by atoms with van der Waals surface area (Å²) in [5.74, 6) is 0.391. The van der Waals surface area contributed by atoms with Crippen molar-refractivity contribution in [1.82, 2.24) is 20.0 Å². The van der Waals surface area contributed by atoms with E-state index in [0.717, 1.165) is 35.6 Å². The smallest absolute Gasteiger partial charge is 0.337 e. The van der Waals surface area contributed by atoms with Crippen LogP contribution in [0.4, 0.5) is 5.82 Å². The van der Waals surface area contributed by atoms with Gasteiger partial charge in [0, 0.05) is 30.1 Å². The maximum atomic E-state index is 12.8. The average molecular weight is 445 g/mol. The monoisotopic (exact) mass is 445 g/mol. The molecule has 0 saturated carbocycles. The molecule has 2 aromatic heterocycles. The molecule has 0 aliphatic carbocycles. The van der Waals surface area contributed by atoms with E-state index in [-0.39, 0.29) is 11.4 Å². The van der Waals surface area contributed by atoms with Gasteiger partial charge in [-0.25, -0.2) is 9.48 Å². The van der Waals surface area contributed by atoms with Crippen molar-refractivity contribution in [2.45, 2.75) is 6.54 Å². The summed E-state index contributed by atoms with van der Waals surface area (Å²) in [5.41, 5.74) is 3.52. The van der Waals surface area contributed by atoms with Gasteiger partial charge in [0.05, 0.1) is 44.1 Å². The van der Waals surface area contributed by atoms with Gasteiger partial charge in [0.15, 0.2) is 5.43 Å². The van der Waals surface area contributed by atoms with Crippen molar-refractivity contribution in [3.8, 4) is 11.3 Å². The van der Waals surface area contributed by atoms with Gasteiger partial charge in [0.1, 0.15) is 11.5 Å². The van der Waals surface area contributed by atoms with Crippen molar-refractivity contribution < 1.29 is 14.3 Å². The van der Waals surface area contributed by atoms with E-state index >= 15 is 0 Å². The number of aromatic amines is 1. The lowest BCUT2D eigenvalue weighted by atomic mass is 10.1. The van der Waals surface area contributed by atoms with Crippen LogP contribution in [0.15, 0.2) is 59.5 Å². The zero-order chi connectivity index (χ0) is 22.8. The molecule has 1 saturated heterocycles. The minimum atomic E-state index is -0.382. The molecule has 0 radical (unpaired) electrons. The molecule has 9 heteroatoms. The number of nitrogens with zero attached hydrogens (tertiary/aromatic N) is 4. The van der Waals surface area contributed by atoms with Crippen LogP contribution in [0.1, 0.15) is 15.9 Å². The number of benzene rings is 2. The fourth-order valence-corrected chi connectivity index (χ4v) is 4.05. The number of aromatic nitrogens is 4. The summed E-state index contributed by atoms with van der Waals surface area (Å²) in [7, 11) is 1.36. The van der Waals surface area contributed by atoms with Gasteiger partial charge in [0.25, 0.3) is 0 Å². The van der Waals surface area contributed by atoms with E-state index in [1.54, 1.807) is 22.9 Å². The molecule has 1 aliphatic heterocycles. The van der Waals surface area contributed by atoms with Gasteiger partial charge >= 0.3 is 5.97 Å². The normalized spacial score (nSPS) is 13.9. The Morgan fingerprint density at radius 3 is 2.79 bits per heavy atom. The maximum absolute atomic E-state index is 12.8. The Bertz CT molecular complexity index is 1370. The Hall–Kier alpha value is -3.98. The highest BCUT2D eigenvalue weighted by Gasteiger charge is 2.16. The molecule has 0 atom stereocenters. The van der Waals surface area contributed by atoms with Crippen molar-refractivity contribution in [2.24, 2.45) is 0 Å². The highest BCUT2D eigenvalue weighted by molar-refractivity contribution is 5.93. The minimum absolute atomic E-state index is 0.0425. The van der Waals surface area contributed by atoms with Crippen LogP contribution in [0.25, 0.3) is 22.2 Å². The van der Waals surface area contributed by atoms with E-state index in [2.05, 4.69) is 20.2 Å². The number of fused-ring (bicyclic) bond motifs is 1. The zero-order valence-electron chi connectivity index (χ0n) is 18.2. The van der Waals surface area contributed by atoms with Gasteiger partial charge in [-0.2, -0.15) is 0 Å². The van der Waals surface area contributed by atoms with E-state index < -0.39 is 0 Å². The summed E-state index contributed by atoms with van der Waals surface area (Å²) in [6, 6.07) is 14.4. The van der Waals surface area contributed by atoms with Crippen LogP contribution in [-0.4, -0.2) is 59.4 Å². The van der Waals surface area contributed by atoms with Crippen molar-refractivity contribution in [1.29, 1.82) is 0 Å². The number of ether oxygens (including phenoxy) is 2. The molecule has 2 aromatic carbocycles. The molecule has 5 rings (SSSR count). The number of H-pyrrole nitrogens is 1. The van der Waals surface area contributed by atoms with E-state index in [1.807, 2.05) is 36.5 Å². The fourth-order valence-electron chi connectivity index (χ4n) is 4.05. The molecule has 168 valence electrons. The van der Waals surface area contributed by atoms with Gasteiger partial charge in [-0.15, -0.1) is 5.10 Å². The van der Waals surface area contributed by atoms with Crippen molar-refractivity contribution >= 4 is 22.7 Å². The second kappa shape index (κ2) is 8.87. The Morgan fingerprint density at radius 1 is 1.15 bits per heavy atom. The van der Waals surface area contributed by atoms with Gasteiger partial charge < -0.3 is 19.4 Å². The molecule has 1 fully saturated rings. The number of para-hydroxylation sites is 1. The topological polar surface area (TPSA) is 102 Å². The Morgan fingerprint density at radius 2 is 1.97 bits per heavy atom. The second-order valence-electron chi connectivity index (χ2n) is 7.84. The standard InChI is InChI=1S/C24H23N5O4/c1-32-24(31)17-5-2-4-16(12-17)14-29-15-20(26-27-29)18-6-3-7-19-21(30)13-22(25-23(18)19)28-8-10-33-11-9-28/h2-7,12-13,15H,8-11,14H2,1H3,(H,25,30). The van der Waals surface area contributed by atoms with Crippen LogP contribution in [0, 0.1) is 0 Å². The largest absolute Gasteiger partial charge is 0.465 e. The number of methoxy groups -OCH3 is 1. The third-order valence-electron chi connectivity index (χ3n) is 5.71. The van der Waals surface area contributed by atoms with Crippen LogP contribution in [0.3, 0.4) is 0 Å². The first-order chi connectivity index (χ1) is 16.1. The SMILES string of the molecule is COC(=O)c1cccc(Cn2cc(-c3cccc4c(=O)cc(N5CCOCC5)[nH]c34)nn2)c1. The first-order valence-corrected chi connectivity index (χ1v) is 10.7. The molecule has 0 amide bonds. The lowest BCUT2D eigenvalue weighted by Gasteiger charge is -2.28. The summed E-state index contributed by atoms with van der Waals surface area (Å²) in [4.78, 5) is 30.2. The molecule has 4 aromatic rings. The van der Waals surface area contributed by atoms with Crippen molar-refractivity contribution in [2.75, 3.05) is 38.3 Å². The lowest BCUT2D eigenvalue weighted by molar-refractivity contribution is 0.0600. The summed E-state index contributed by atoms with van der Waals surface area (Å²) in [5, 5.41) is 9.20. The predicted molar refractivity (Wildman–Crippen MR) is 124 cm³/mol. The predicted octanol–water partition coefficient (Wildman–Crippen LogP) is 2.46. The van der Waals surface area contributed by atoms with E-state index in [4.69, 9.17) is 9.47 Å². The van der Waals surface area contributed by atoms with E-state index in [9.17, 15) is 9.59 Å². The number of carbonyl (C=O) groups excluding carboxylic acids is 1. The Balaban J connectivity index is 1.48. The summed E-state index contributed by atoms with van der Waals surface area (Å²) in [6.07, 6.45) is 1.83. The van der Waals surface area contributed by atoms with Crippen LogP contribution in [0.2, 0.25) is 0 Å². The molecule has 0 unspecified atom stereocenters. The Labute approximate surface area is 189 Å². The highest BCUT2D eigenvalue weighted by atomic mass is 16.5. The average Bonchev–Trinajstić information content (AvgIpc) is 3.32. The first-order valence-electron chi connectivity index (χ1n) is 10.7. The lowest BCUT2D eigenvalue weighted by Crippen LogP contribution is -2.37. The number of anilines is 1. The number of rotatable bonds is 5. The zero-order valence-corrected chi connectivity index (χ0v) is 18.2. The molecule has 33 heavy (non-hydrogen) atoms. The number of hydrogen-bond acceptors (Lipinski definition) is 7. The number of hydrogen-bond donors (Lipinski definition) is 1. The number of esters is 1. The maximum Gasteiger partial charge on any atom is 0.337 e. The molecule has 0 spiro atoms. The number of carbonyl (C=O) groups is 1. The Kier molecular flexibility index (Phi) is 5.62. The molecular weight excluding hydrogens is 422 g/mol. The fraction of sp³-hybridized carbons (Fsp3) is 0.250. The van der Waals surface area contributed by atoms with Crippen LogP contribution in [-0.2, 0) is 16.0 Å². The van der Waals surface area contributed by atoms with E-state index in [1.165, 1.54) is 7.11 Å². The molecule has 3 heterocycles. The van der Waals surface area contributed by atoms with Crippen LogP contribution >= 0.6 is 0 Å². The molecule has 1 N–H and O–H groups in total. The first kappa shape index (κ1) is 20.9. The van der Waals surface area contributed by atoms with Gasteiger partial charge in [0.2, 0.25) is 0 Å².